The number of allylic oxidation sites excluding steroid dienone is 1. The first-order chi connectivity index (χ1) is 3.81. The first-order valence-electron chi connectivity index (χ1n) is 2.47. The van der Waals surface area contributed by atoms with Crippen LogP contribution in [0, 0.1) is 0 Å². The maximum absolute atomic E-state index is 9.74. The molecule has 0 aliphatic rings. The summed E-state index contributed by atoms with van der Waals surface area (Å²) in [6.07, 6.45) is 3.89. The average Bonchev–Trinajstić information content (AvgIpc) is 1.83. The predicted octanol–water partition coefficient (Wildman–Crippen LogP) is 0.425. The van der Waals surface area contributed by atoms with E-state index in [2.05, 4.69) is 0 Å². The summed E-state index contributed by atoms with van der Waals surface area (Å²) in [7, 11) is 0. The van der Waals surface area contributed by atoms with Gasteiger partial charge in [0.25, 0.3) is 0 Å². The van der Waals surface area contributed by atoms with Crippen molar-refractivity contribution in [3.8, 4) is 0 Å². The molecule has 2 heteroatoms. The van der Waals surface area contributed by atoms with Gasteiger partial charge < -0.3 is 5.11 Å². The first kappa shape index (κ1) is 7.37. The Hall–Kier alpha value is -0.630. The van der Waals surface area contributed by atoms with Crippen LogP contribution < -0.4 is 0 Å². The Morgan fingerprint density at radius 2 is 2.50 bits per heavy atom. The van der Waals surface area contributed by atoms with Crippen molar-refractivity contribution in [1.29, 1.82) is 0 Å². The molecule has 1 radical (unpaired) electrons. The molecule has 0 atom stereocenters. The van der Waals surface area contributed by atoms with E-state index in [1.54, 1.807) is 19.3 Å². The van der Waals surface area contributed by atoms with Crippen molar-refractivity contribution >= 4 is 6.29 Å². The van der Waals surface area contributed by atoms with Gasteiger partial charge in [-0.05, 0) is 18.9 Å². The fourth-order valence-electron chi connectivity index (χ4n) is 0.323. The van der Waals surface area contributed by atoms with Crippen LogP contribution in [0.4, 0.5) is 0 Å². The molecule has 0 aliphatic heterocycles. The van der Waals surface area contributed by atoms with Gasteiger partial charge in [0.05, 0.1) is 0 Å². The van der Waals surface area contributed by atoms with Crippen LogP contribution in [0.15, 0.2) is 11.6 Å². The fourth-order valence-corrected chi connectivity index (χ4v) is 0.323. The maximum Gasteiger partial charge on any atom is 0.228 e. The smallest absolute Gasteiger partial charge is 0.228 e. The molecule has 0 saturated heterocycles. The van der Waals surface area contributed by atoms with Crippen molar-refractivity contribution in [3.63, 3.8) is 0 Å². The number of carbonyl (C=O) groups excluding carboxylic acids is 1. The van der Waals surface area contributed by atoms with E-state index < -0.39 is 0 Å². The molecule has 0 heterocycles. The minimum absolute atomic E-state index is 0.0962. The third-order valence-corrected chi connectivity index (χ3v) is 0.741. The Morgan fingerprint density at radius 3 is 2.88 bits per heavy atom. The normalized spacial score (nSPS) is 11.5. The summed E-state index contributed by atoms with van der Waals surface area (Å²) in [4.78, 5) is 9.74. The second kappa shape index (κ2) is 4.53. The lowest BCUT2D eigenvalue weighted by Gasteiger charge is -1.83. The SMILES string of the molecule is CC([C]=O)=CCCO. The Balaban J connectivity index is 3.40. The molecular weight excluding hydrogens is 104 g/mol. The molecule has 0 aromatic rings. The molecule has 0 rings (SSSR count). The minimum atomic E-state index is 0.0962. The molecular formula is C6H9O2. The molecule has 0 unspecified atom stereocenters. The Kier molecular flexibility index (Phi) is 4.17. The number of hydrogen-bond acceptors (Lipinski definition) is 2. The van der Waals surface area contributed by atoms with Crippen LogP contribution in [-0.2, 0) is 4.79 Å². The molecule has 8 heavy (non-hydrogen) atoms. The summed E-state index contributed by atoms with van der Waals surface area (Å²) in [6.45, 7) is 1.75. The largest absolute Gasteiger partial charge is 0.396 e. The van der Waals surface area contributed by atoms with E-state index >= 15 is 0 Å². The summed E-state index contributed by atoms with van der Waals surface area (Å²) in [5.41, 5.74) is 0.555. The van der Waals surface area contributed by atoms with Crippen LogP contribution in [0.2, 0.25) is 0 Å². The van der Waals surface area contributed by atoms with Crippen LogP contribution in [0.3, 0.4) is 0 Å². The maximum atomic E-state index is 9.74. The van der Waals surface area contributed by atoms with Crippen LogP contribution in [0.1, 0.15) is 13.3 Å². The quantitative estimate of drug-likeness (QED) is 0.539. The lowest BCUT2D eigenvalue weighted by molar-refractivity contribution is 0.302. The van der Waals surface area contributed by atoms with Crippen LogP contribution in [0.25, 0.3) is 0 Å². The zero-order valence-corrected chi connectivity index (χ0v) is 4.85. The van der Waals surface area contributed by atoms with E-state index in [-0.39, 0.29) is 6.61 Å². The summed E-state index contributed by atoms with van der Waals surface area (Å²) >= 11 is 0. The van der Waals surface area contributed by atoms with Crippen molar-refractivity contribution in [3.05, 3.63) is 11.6 Å². The van der Waals surface area contributed by atoms with Gasteiger partial charge in [-0.3, -0.25) is 4.79 Å². The molecule has 0 spiro atoms. The molecule has 1 N–H and O–H groups in total. The van der Waals surface area contributed by atoms with Crippen LogP contribution in [0.5, 0.6) is 0 Å². The van der Waals surface area contributed by atoms with Crippen molar-refractivity contribution in [2.24, 2.45) is 0 Å². The Labute approximate surface area is 48.8 Å². The van der Waals surface area contributed by atoms with E-state index in [1.165, 1.54) is 0 Å². The molecule has 0 aromatic heterocycles. The highest BCUT2D eigenvalue weighted by Gasteiger charge is 1.82. The van der Waals surface area contributed by atoms with Gasteiger partial charge in [0.1, 0.15) is 0 Å². The zero-order valence-electron chi connectivity index (χ0n) is 4.85. The monoisotopic (exact) mass is 113 g/mol. The fraction of sp³-hybridized carbons (Fsp3) is 0.500. The van der Waals surface area contributed by atoms with Gasteiger partial charge in [-0.25, -0.2) is 0 Å². The minimum Gasteiger partial charge on any atom is -0.396 e. The predicted molar refractivity (Wildman–Crippen MR) is 31.2 cm³/mol. The standard InChI is InChI=1S/C6H9O2/c1-6(5-8)3-2-4-7/h3,7H,2,4H2,1H3. The lowest BCUT2D eigenvalue weighted by atomic mass is 10.3. The van der Waals surface area contributed by atoms with Gasteiger partial charge in [-0.1, -0.05) is 6.08 Å². The molecule has 2 nitrogen and oxygen atoms in total. The molecule has 45 valence electrons. The number of hydrogen-bond donors (Lipinski definition) is 1. The van der Waals surface area contributed by atoms with Gasteiger partial charge in [-0.15, -0.1) is 0 Å². The highest BCUT2D eigenvalue weighted by atomic mass is 16.2. The van der Waals surface area contributed by atoms with Crippen molar-refractivity contribution < 1.29 is 9.90 Å². The molecule has 0 bridgehead atoms. The topological polar surface area (TPSA) is 37.3 Å². The molecule has 0 fully saturated rings. The van der Waals surface area contributed by atoms with Gasteiger partial charge in [0.2, 0.25) is 6.29 Å². The highest BCUT2D eigenvalue weighted by molar-refractivity contribution is 5.72. The van der Waals surface area contributed by atoms with Crippen LogP contribution >= 0.6 is 0 Å². The van der Waals surface area contributed by atoms with E-state index in [9.17, 15) is 4.79 Å². The van der Waals surface area contributed by atoms with E-state index in [4.69, 9.17) is 5.11 Å². The summed E-state index contributed by atoms with van der Waals surface area (Å²) in [5.74, 6) is 0. The third kappa shape index (κ3) is 3.56. The molecule has 0 aromatic carbocycles. The summed E-state index contributed by atoms with van der Waals surface area (Å²) < 4.78 is 0. The van der Waals surface area contributed by atoms with Crippen LogP contribution in [-0.4, -0.2) is 18.0 Å². The first-order valence-corrected chi connectivity index (χ1v) is 2.47. The Bertz CT molecular complexity index is 94.7. The zero-order chi connectivity index (χ0) is 6.41. The van der Waals surface area contributed by atoms with Gasteiger partial charge in [-0.2, -0.15) is 0 Å². The summed E-state index contributed by atoms with van der Waals surface area (Å²) in [5, 5.41) is 8.24. The number of rotatable bonds is 3. The second-order valence-corrected chi connectivity index (χ2v) is 1.50. The van der Waals surface area contributed by atoms with Crippen molar-refractivity contribution in [2.75, 3.05) is 6.61 Å². The second-order valence-electron chi connectivity index (χ2n) is 1.50. The third-order valence-electron chi connectivity index (χ3n) is 0.741. The average molecular weight is 113 g/mol. The Morgan fingerprint density at radius 1 is 1.88 bits per heavy atom. The van der Waals surface area contributed by atoms with E-state index in [1.807, 2.05) is 0 Å². The molecule has 0 aliphatic carbocycles. The number of aliphatic hydroxyl groups is 1. The van der Waals surface area contributed by atoms with E-state index in [0.717, 1.165) is 0 Å². The van der Waals surface area contributed by atoms with Crippen molar-refractivity contribution in [1.82, 2.24) is 0 Å². The highest BCUT2D eigenvalue weighted by Crippen LogP contribution is 1.88. The van der Waals surface area contributed by atoms with Gasteiger partial charge in [0, 0.05) is 6.61 Å². The molecule has 0 saturated carbocycles. The number of aliphatic hydroxyl groups excluding tert-OH is 1. The van der Waals surface area contributed by atoms with Gasteiger partial charge >= 0.3 is 0 Å². The molecule has 0 amide bonds. The lowest BCUT2D eigenvalue weighted by Crippen LogP contribution is -1.80. The van der Waals surface area contributed by atoms with E-state index in [0.29, 0.717) is 12.0 Å². The van der Waals surface area contributed by atoms with Gasteiger partial charge in [0.15, 0.2) is 0 Å². The summed E-state index contributed by atoms with van der Waals surface area (Å²) in [6, 6.07) is 0. The van der Waals surface area contributed by atoms with Crippen molar-refractivity contribution in [2.45, 2.75) is 13.3 Å².